The Labute approximate surface area is 119 Å². The summed E-state index contributed by atoms with van der Waals surface area (Å²) in [5, 5.41) is 0. The van der Waals surface area contributed by atoms with Gasteiger partial charge in [0.2, 0.25) is 5.91 Å². The molecule has 1 unspecified atom stereocenters. The molecule has 1 N–H and O–H groups in total. The van der Waals surface area contributed by atoms with Crippen LogP contribution in [0.4, 0.5) is 5.69 Å². The van der Waals surface area contributed by atoms with Crippen LogP contribution in [0.15, 0.2) is 42.5 Å². The van der Waals surface area contributed by atoms with Crippen LogP contribution in [0.25, 0.3) is 0 Å². The maximum atomic E-state index is 12.1. The third kappa shape index (κ3) is 3.60. The summed E-state index contributed by atoms with van der Waals surface area (Å²) in [6.45, 7) is 0. The summed E-state index contributed by atoms with van der Waals surface area (Å²) in [6.07, 6.45) is 6.05. The van der Waals surface area contributed by atoms with Gasteiger partial charge in [-0.3, -0.25) is 9.10 Å². The van der Waals surface area contributed by atoms with Crippen molar-refractivity contribution in [2.75, 3.05) is 11.4 Å². The molecule has 1 aliphatic rings. The topological polar surface area (TPSA) is 66.5 Å². The molecule has 0 spiro atoms. The summed E-state index contributed by atoms with van der Waals surface area (Å²) in [4.78, 5) is 11.8. The second-order valence-corrected chi connectivity index (χ2v) is 6.51. The Kier molecular flexibility index (Phi) is 4.44. The van der Waals surface area contributed by atoms with Crippen molar-refractivity contribution in [2.45, 2.75) is 19.3 Å². The number of para-hydroxylation sites is 1. The Morgan fingerprint density at radius 3 is 2.65 bits per heavy atom. The molecule has 108 valence electrons. The number of hydrogen-bond donors (Lipinski definition) is 1. The number of benzene rings is 1. The summed E-state index contributed by atoms with van der Waals surface area (Å²) in [6, 6.07) is 8.63. The normalized spacial score (nSPS) is 17.9. The van der Waals surface area contributed by atoms with Crippen LogP contribution < -0.4 is 9.03 Å². The van der Waals surface area contributed by atoms with E-state index in [1.165, 1.54) is 7.05 Å². The Hall–Kier alpha value is -1.82. The van der Waals surface area contributed by atoms with Gasteiger partial charge in [-0.05, 0) is 30.9 Å². The number of carbonyl (C=O) groups excluding carboxylic acids is 1. The highest BCUT2D eigenvalue weighted by molar-refractivity contribution is 7.91. The predicted molar refractivity (Wildman–Crippen MR) is 78.4 cm³/mol. The van der Waals surface area contributed by atoms with E-state index in [9.17, 15) is 13.2 Å². The van der Waals surface area contributed by atoms with E-state index < -0.39 is 16.1 Å². The lowest BCUT2D eigenvalue weighted by molar-refractivity contribution is -0.119. The lowest BCUT2D eigenvalue weighted by Gasteiger charge is -2.20. The largest absolute Gasteiger partial charge is 0.325 e. The van der Waals surface area contributed by atoms with Crippen LogP contribution in [-0.2, 0) is 15.0 Å². The van der Waals surface area contributed by atoms with Crippen molar-refractivity contribution in [2.24, 2.45) is 5.92 Å². The van der Waals surface area contributed by atoms with Crippen LogP contribution >= 0.6 is 0 Å². The van der Waals surface area contributed by atoms with Crippen molar-refractivity contribution in [3.8, 4) is 0 Å². The molecule has 1 aliphatic carbocycles. The Morgan fingerprint density at radius 1 is 1.35 bits per heavy atom. The van der Waals surface area contributed by atoms with Crippen molar-refractivity contribution >= 4 is 21.8 Å². The number of hydrogen-bond acceptors (Lipinski definition) is 3. The molecule has 1 atom stereocenters. The quantitative estimate of drug-likeness (QED) is 0.843. The monoisotopic (exact) mass is 294 g/mol. The number of rotatable bonds is 5. The first-order valence-corrected chi connectivity index (χ1v) is 7.94. The lowest BCUT2D eigenvalue weighted by Crippen LogP contribution is -2.42. The molecule has 0 aliphatic heterocycles. The molecule has 0 heterocycles. The standard InChI is InChI=1S/C14H18N2O3S/c1-16(13-9-3-2-4-10-13)20(18,19)15-14(17)11-12-7-5-6-8-12/h2-5,7,9-10,12H,6,8,11H2,1H3,(H,15,17). The Bertz CT molecular complexity index is 596. The highest BCUT2D eigenvalue weighted by Crippen LogP contribution is 2.20. The van der Waals surface area contributed by atoms with Crippen molar-refractivity contribution in [3.05, 3.63) is 42.5 Å². The Morgan fingerprint density at radius 2 is 2.05 bits per heavy atom. The van der Waals surface area contributed by atoms with Crippen LogP contribution in [0.1, 0.15) is 19.3 Å². The molecule has 0 bridgehead atoms. The van der Waals surface area contributed by atoms with E-state index in [-0.39, 0.29) is 12.3 Å². The van der Waals surface area contributed by atoms with Crippen LogP contribution in [0.5, 0.6) is 0 Å². The number of anilines is 1. The number of nitrogens with zero attached hydrogens (tertiary/aromatic N) is 1. The zero-order chi connectivity index (χ0) is 14.6. The molecule has 0 radical (unpaired) electrons. The molecule has 20 heavy (non-hydrogen) atoms. The zero-order valence-electron chi connectivity index (χ0n) is 11.3. The average molecular weight is 294 g/mol. The van der Waals surface area contributed by atoms with Crippen molar-refractivity contribution in [1.82, 2.24) is 4.72 Å². The highest BCUT2D eigenvalue weighted by atomic mass is 32.2. The summed E-state index contributed by atoms with van der Waals surface area (Å²) >= 11 is 0. The molecule has 1 aromatic rings. The molecule has 1 amide bonds. The second-order valence-electron chi connectivity index (χ2n) is 4.80. The maximum absolute atomic E-state index is 12.1. The molecular weight excluding hydrogens is 276 g/mol. The SMILES string of the molecule is CN(c1ccccc1)S(=O)(=O)NC(=O)CC1C=CCC1. The summed E-state index contributed by atoms with van der Waals surface area (Å²) in [7, 11) is -2.43. The first kappa shape index (κ1) is 14.6. The molecule has 0 saturated heterocycles. The smallest absolute Gasteiger partial charge is 0.274 e. The molecule has 1 aromatic carbocycles. The first-order chi connectivity index (χ1) is 9.49. The molecule has 6 heteroatoms. The van der Waals surface area contributed by atoms with E-state index in [2.05, 4.69) is 4.72 Å². The third-order valence-corrected chi connectivity index (χ3v) is 4.70. The van der Waals surface area contributed by atoms with Gasteiger partial charge in [0.25, 0.3) is 0 Å². The van der Waals surface area contributed by atoms with Gasteiger partial charge in [-0.25, -0.2) is 4.72 Å². The zero-order valence-corrected chi connectivity index (χ0v) is 12.1. The van der Waals surface area contributed by atoms with Crippen LogP contribution in [0.2, 0.25) is 0 Å². The fraction of sp³-hybridized carbons (Fsp3) is 0.357. The van der Waals surface area contributed by atoms with Crippen LogP contribution in [-0.4, -0.2) is 21.4 Å². The van der Waals surface area contributed by atoms with Gasteiger partial charge in [0.15, 0.2) is 0 Å². The van der Waals surface area contributed by atoms with E-state index in [4.69, 9.17) is 0 Å². The molecule has 0 saturated carbocycles. The minimum absolute atomic E-state index is 0.146. The number of carbonyl (C=O) groups is 1. The summed E-state index contributed by atoms with van der Waals surface area (Å²) < 4.78 is 27.4. The van der Waals surface area contributed by atoms with E-state index in [1.54, 1.807) is 30.3 Å². The van der Waals surface area contributed by atoms with E-state index in [0.29, 0.717) is 5.69 Å². The maximum Gasteiger partial charge on any atom is 0.325 e. The molecule has 2 rings (SSSR count). The van der Waals surface area contributed by atoms with Gasteiger partial charge in [0, 0.05) is 13.5 Å². The van der Waals surface area contributed by atoms with Gasteiger partial charge in [-0.1, -0.05) is 30.4 Å². The predicted octanol–water partition coefficient (Wildman–Crippen LogP) is 1.84. The van der Waals surface area contributed by atoms with Crippen molar-refractivity contribution in [1.29, 1.82) is 0 Å². The molecule has 0 aromatic heterocycles. The van der Waals surface area contributed by atoms with Gasteiger partial charge < -0.3 is 0 Å². The fourth-order valence-corrected chi connectivity index (χ4v) is 3.04. The van der Waals surface area contributed by atoms with E-state index >= 15 is 0 Å². The van der Waals surface area contributed by atoms with E-state index in [0.717, 1.165) is 17.1 Å². The van der Waals surface area contributed by atoms with Gasteiger partial charge in [0.05, 0.1) is 5.69 Å². The minimum atomic E-state index is -3.84. The van der Waals surface area contributed by atoms with Gasteiger partial charge in [0.1, 0.15) is 0 Å². The highest BCUT2D eigenvalue weighted by Gasteiger charge is 2.22. The van der Waals surface area contributed by atoms with Gasteiger partial charge in [-0.15, -0.1) is 0 Å². The number of allylic oxidation sites excluding steroid dienone is 2. The minimum Gasteiger partial charge on any atom is -0.274 e. The third-order valence-electron chi connectivity index (χ3n) is 3.28. The molecular formula is C14H18N2O3S. The van der Waals surface area contributed by atoms with Crippen LogP contribution in [0, 0.1) is 5.92 Å². The van der Waals surface area contributed by atoms with E-state index in [1.807, 2.05) is 12.2 Å². The van der Waals surface area contributed by atoms with Crippen molar-refractivity contribution < 1.29 is 13.2 Å². The fourth-order valence-electron chi connectivity index (χ4n) is 2.13. The summed E-state index contributed by atoms with van der Waals surface area (Å²) in [5.41, 5.74) is 0.508. The van der Waals surface area contributed by atoms with Gasteiger partial charge >= 0.3 is 10.2 Å². The average Bonchev–Trinajstić information content (AvgIpc) is 2.91. The van der Waals surface area contributed by atoms with Crippen LogP contribution in [0.3, 0.4) is 0 Å². The van der Waals surface area contributed by atoms with Gasteiger partial charge in [-0.2, -0.15) is 8.42 Å². The lowest BCUT2D eigenvalue weighted by atomic mass is 10.1. The summed E-state index contributed by atoms with van der Waals surface area (Å²) in [5.74, 6) is -0.323. The number of amides is 1. The molecule has 0 fully saturated rings. The Balaban J connectivity index is 1.99. The second kappa shape index (κ2) is 6.09. The van der Waals surface area contributed by atoms with Crippen molar-refractivity contribution in [3.63, 3.8) is 0 Å². The first-order valence-electron chi connectivity index (χ1n) is 6.50. The molecule has 5 nitrogen and oxygen atoms in total. The number of nitrogens with one attached hydrogen (secondary N) is 1.